The molecule has 2 heterocycles. The molecule has 21 heavy (non-hydrogen) atoms. The summed E-state index contributed by atoms with van der Waals surface area (Å²) in [5, 5.41) is 0. The molecule has 0 saturated carbocycles. The van der Waals surface area contributed by atoms with Crippen molar-refractivity contribution in [3.8, 4) is 11.8 Å². The van der Waals surface area contributed by atoms with Gasteiger partial charge >= 0.3 is 0 Å². The zero-order valence-electron chi connectivity index (χ0n) is 11.8. The molecule has 3 rings (SSSR count). The van der Waals surface area contributed by atoms with E-state index in [9.17, 15) is 8.42 Å². The number of hydrogen-bond acceptors (Lipinski definition) is 3. The molecule has 106 valence electrons. The molecule has 4 heteroatoms. The number of aromatic nitrogens is 1. The lowest BCUT2D eigenvalue weighted by Gasteiger charge is -2.14. The Morgan fingerprint density at radius 3 is 2.76 bits per heavy atom. The molecule has 0 saturated heterocycles. The number of benzene rings is 1. The van der Waals surface area contributed by atoms with E-state index in [0.29, 0.717) is 6.42 Å². The molecule has 0 amide bonds. The molecule has 0 N–H and O–H groups in total. The highest BCUT2D eigenvalue weighted by molar-refractivity contribution is 7.90. The van der Waals surface area contributed by atoms with Crippen LogP contribution < -0.4 is 0 Å². The lowest BCUT2D eigenvalue weighted by molar-refractivity contribution is 0.590. The van der Waals surface area contributed by atoms with Gasteiger partial charge in [0, 0.05) is 29.4 Å². The zero-order chi connectivity index (χ0) is 14.9. The van der Waals surface area contributed by atoms with E-state index < -0.39 is 9.84 Å². The lowest BCUT2D eigenvalue weighted by atomic mass is 10.1. The Morgan fingerprint density at radius 2 is 1.95 bits per heavy atom. The third-order valence-electron chi connectivity index (χ3n) is 3.45. The molecule has 1 aliphatic rings. The van der Waals surface area contributed by atoms with Gasteiger partial charge in [-0.1, -0.05) is 24.0 Å². The van der Waals surface area contributed by atoms with E-state index in [1.165, 1.54) is 0 Å². The fraction of sp³-hybridized carbons (Fsp3) is 0.235. The summed E-state index contributed by atoms with van der Waals surface area (Å²) >= 11 is 0. The fourth-order valence-electron chi connectivity index (χ4n) is 2.39. The van der Waals surface area contributed by atoms with Gasteiger partial charge in [-0.15, -0.1) is 0 Å². The molecule has 0 unspecified atom stereocenters. The van der Waals surface area contributed by atoms with Crippen molar-refractivity contribution in [1.82, 2.24) is 4.98 Å². The predicted octanol–water partition coefficient (Wildman–Crippen LogP) is 2.26. The number of hydrogen-bond donors (Lipinski definition) is 0. The molecule has 0 atom stereocenters. The van der Waals surface area contributed by atoms with E-state index >= 15 is 0 Å². The second-order valence-electron chi connectivity index (χ2n) is 5.29. The van der Waals surface area contributed by atoms with Gasteiger partial charge in [0.2, 0.25) is 0 Å². The Morgan fingerprint density at radius 1 is 1.14 bits per heavy atom. The summed E-state index contributed by atoms with van der Waals surface area (Å²) < 4.78 is 23.4. The molecule has 0 aliphatic carbocycles. The fourth-order valence-corrected chi connectivity index (χ4v) is 3.76. The molecule has 1 aromatic carbocycles. The summed E-state index contributed by atoms with van der Waals surface area (Å²) in [6, 6.07) is 9.81. The van der Waals surface area contributed by atoms with Crippen molar-refractivity contribution in [1.29, 1.82) is 0 Å². The maximum atomic E-state index is 11.7. The van der Waals surface area contributed by atoms with E-state index in [4.69, 9.17) is 0 Å². The minimum Gasteiger partial charge on any atom is -0.260 e. The summed E-state index contributed by atoms with van der Waals surface area (Å²) in [7, 11) is -2.97. The van der Waals surface area contributed by atoms with Gasteiger partial charge in [0.05, 0.1) is 11.5 Å². The molecule has 0 spiro atoms. The number of pyridine rings is 1. The quantitative estimate of drug-likeness (QED) is 0.701. The van der Waals surface area contributed by atoms with Crippen molar-refractivity contribution in [3.63, 3.8) is 0 Å². The molecule has 0 fully saturated rings. The standard InChI is InChI=1S/C17H15NO2S/c1-13-3-2-4-14(9-13)5-6-15-10-16-12-21(19,20)8-7-17(16)18-11-15/h2-4,9-11H,7-8,12H2,1H3. The summed E-state index contributed by atoms with van der Waals surface area (Å²) in [5.74, 6) is 6.42. The second-order valence-corrected chi connectivity index (χ2v) is 7.48. The highest BCUT2D eigenvalue weighted by Gasteiger charge is 2.22. The van der Waals surface area contributed by atoms with Gasteiger partial charge in [-0.25, -0.2) is 8.42 Å². The van der Waals surface area contributed by atoms with Gasteiger partial charge in [0.15, 0.2) is 9.84 Å². The number of fused-ring (bicyclic) bond motifs is 1. The zero-order valence-corrected chi connectivity index (χ0v) is 12.6. The molecule has 3 nitrogen and oxygen atoms in total. The molecular weight excluding hydrogens is 282 g/mol. The van der Waals surface area contributed by atoms with E-state index in [1.54, 1.807) is 6.20 Å². The molecule has 2 aromatic rings. The maximum absolute atomic E-state index is 11.7. The van der Waals surface area contributed by atoms with Crippen LogP contribution in [0.1, 0.15) is 27.9 Å². The molecule has 0 radical (unpaired) electrons. The van der Waals surface area contributed by atoms with Crippen LogP contribution in [-0.4, -0.2) is 19.2 Å². The molecular formula is C17H15NO2S. The van der Waals surface area contributed by atoms with Crippen LogP contribution in [0.3, 0.4) is 0 Å². The van der Waals surface area contributed by atoms with Crippen molar-refractivity contribution in [2.75, 3.05) is 5.75 Å². The number of aryl methyl sites for hydroxylation is 2. The molecule has 1 aromatic heterocycles. The maximum Gasteiger partial charge on any atom is 0.154 e. The van der Waals surface area contributed by atoms with Crippen molar-refractivity contribution in [2.24, 2.45) is 0 Å². The molecule has 1 aliphatic heterocycles. The average molecular weight is 297 g/mol. The third-order valence-corrected chi connectivity index (χ3v) is 5.03. The van der Waals surface area contributed by atoms with Gasteiger partial charge in [-0.2, -0.15) is 0 Å². The highest BCUT2D eigenvalue weighted by atomic mass is 32.2. The summed E-state index contributed by atoms with van der Waals surface area (Å²) in [4.78, 5) is 4.35. The van der Waals surface area contributed by atoms with Crippen LogP contribution in [0.4, 0.5) is 0 Å². The Balaban J connectivity index is 1.92. The first-order valence-electron chi connectivity index (χ1n) is 6.79. The Labute approximate surface area is 125 Å². The first-order chi connectivity index (χ1) is 10.0. The van der Waals surface area contributed by atoms with Gasteiger partial charge < -0.3 is 0 Å². The molecule has 0 bridgehead atoms. The smallest absolute Gasteiger partial charge is 0.154 e. The lowest BCUT2D eigenvalue weighted by Crippen LogP contribution is -2.20. The summed E-state index contributed by atoms with van der Waals surface area (Å²) in [6.07, 6.45) is 2.23. The first-order valence-corrected chi connectivity index (χ1v) is 8.61. The van der Waals surface area contributed by atoms with Crippen LogP contribution in [0.5, 0.6) is 0 Å². The largest absolute Gasteiger partial charge is 0.260 e. The van der Waals surface area contributed by atoms with E-state index in [0.717, 1.165) is 27.9 Å². The summed E-state index contributed by atoms with van der Waals surface area (Å²) in [5.41, 5.74) is 4.53. The third kappa shape index (κ3) is 3.32. The van der Waals surface area contributed by atoms with Crippen LogP contribution in [0.25, 0.3) is 0 Å². The summed E-state index contributed by atoms with van der Waals surface area (Å²) in [6.45, 7) is 2.02. The predicted molar refractivity (Wildman–Crippen MR) is 82.6 cm³/mol. The van der Waals surface area contributed by atoms with Crippen molar-refractivity contribution < 1.29 is 8.42 Å². The number of nitrogens with zero attached hydrogens (tertiary/aromatic N) is 1. The Hall–Kier alpha value is -2.12. The number of sulfone groups is 1. The van der Waals surface area contributed by atoms with Crippen LogP contribution in [-0.2, 0) is 22.0 Å². The van der Waals surface area contributed by atoms with Crippen LogP contribution in [0, 0.1) is 18.8 Å². The second kappa shape index (κ2) is 5.34. The van der Waals surface area contributed by atoms with Crippen LogP contribution in [0.15, 0.2) is 36.5 Å². The Kier molecular flexibility index (Phi) is 3.52. The minimum absolute atomic E-state index is 0.0787. The van der Waals surface area contributed by atoms with Crippen molar-refractivity contribution >= 4 is 9.84 Å². The monoisotopic (exact) mass is 297 g/mol. The topological polar surface area (TPSA) is 47.0 Å². The van der Waals surface area contributed by atoms with Gasteiger partial charge in [-0.3, -0.25) is 4.98 Å². The van der Waals surface area contributed by atoms with Crippen molar-refractivity contribution in [2.45, 2.75) is 19.1 Å². The van der Waals surface area contributed by atoms with Gasteiger partial charge in [0.25, 0.3) is 0 Å². The highest BCUT2D eigenvalue weighted by Crippen LogP contribution is 2.19. The Bertz CT molecular complexity index is 858. The van der Waals surface area contributed by atoms with E-state index in [-0.39, 0.29) is 11.5 Å². The van der Waals surface area contributed by atoms with Crippen molar-refractivity contribution in [3.05, 3.63) is 64.5 Å². The van der Waals surface area contributed by atoms with E-state index in [1.807, 2.05) is 37.3 Å². The van der Waals surface area contributed by atoms with Gasteiger partial charge in [0.1, 0.15) is 0 Å². The minimum atomic E-state index is -2.97. The normalized spacial score (nSPS) is 15.7. The van der Waals surface area contributed by atoms with Gasteiger partial charge in [-0.05, 0) is 36.2 Å². The average Bonchev–Trinajstić information content (AvgIpc) is 2.44. The van der Waals surface area contributed by atoms with Crippen LogP contribution >= 0.6 is 0 Å². The van der Waals surface area contributed by atoms with E-state index in [2.05, 4.69) is 16.8 Å². The first kappa shape index (κ1) is 13.8. The van der Waals surface area contributed by atoms with Crippen LogP contribution in [0.2, 0.25) is 0 Å². The SMILES string of the molecule is Cc1cccc(C#Cc2cnc3c(c2)CS(=O)(=O)CC3)c1. The number of rotatable bonds is 0.